The summed E-state index contributed by atoms with van der Waals surface area (Å²) >= 11 is 0. The highest BCUT2D eigenvalue weighted by Crippen LogP contribution is 2.11. The first-order valence-electron chi connectivity index (χ1n) is 6.36. The Hall–Kier alpha value is -2.77. The third-order valence-electron chi connectivity index (χ3n) is 2.71. The zero-order chi connectivity index (χ0) is 15.8. The number of likely N-dealkylation sites (N-methyl/N-ethyl adjacent to an activating group) is 1. The first kappa shape index (κ1) is 16.3. The van der Waals surface area contributed by atoms with Crippen molar-refractivity contribution in [2.24, 2.45) is 5.10 Å². The summed E-state index contributed by atoms with van der Waals surface area (Å²) in [4.78, 5) is 34.6. The van der Waals surface area contributed by atoms with Crippen LogP contribution in [0.2, 0.25) is 0 Å². The van der Waals surface area contributed by atoms with Gasteiger partial charge < -0.3 is 4.90 Å². The van der Waals surface area contributed by atoms with Crippen LogP contribution >= 0.6 is 0 Å². The molecule has 1 N–H and O–H groups in total. The molecule has 0 atom stereocenters. The van der Waals surface area contributed by atoms with Gasteiger partial charge in [-0.25, -0.2) is 5.43 Å². The number of rotatable bonds is 5. The van der Waals surface area contributed by atoms with E-state index in [-0.39, 0.29) is 5.69 Å². The van der Waals surface area contributed by atoms with Gasteiger partial charge >= 0.3 is 11.8 Å². The normalized spacial score (nSPS) is 10.4. The minimum atomic E-state index is -0.847. The van der Waals surface area contributed by atoms with E-state index in [1.54, 1.807) is 19.9 Å². The monoisotopic (exact) mass is 292 g/mol. The second-order valence-electron chi connectivity index (χ2n) is 4.03. The number of carbonyl (C=O) groups is 2. The molecular weight excluding hydrogens is 276 g/mol. The summed E-state index contributed by atoms with van der Waals surface area (Å²) in [6.45, 7) is 4.39. The van der Waals surface area contributed by atoms with Crippen LogP contribution in [0, 0.1) is 10.1 Å². The Morgan fingerprint density at radius 2 is 2.05 bits per heavy atom. The summed E-state index contributed by atoms with van der Waals surface area (Å²) < 4.78 is 0. The van der Waals surface area contributed by atoms with Crippen LogP contribution in [0.5, 0.6) is 0 Å². The zero-order valence-corrected chi connectivity index (χ0v) is 11.8. The number of carbonyl (C=O) groups excluding carboxylic acids is 2. The molecule has 1 aromatic carbocycles. The van der Waals surface area contributed by atoms with Crippen molar-refractivity contribution < 1.29 is 14.5 Å². The summed E-state index contributed by atoms with van der Waals surface area (Å²) in [6, 6.07) is 5.75. The molecule has 0 aromatic heterocycles. The summed E-state index contributed by atoms with van der Waals surface area (Å²) in [5, 5.41) is 14.2. The quantitative estimate of drug-likeness (QED) is 0.377. The second-order valence-corrected chi connectivity index (χ2v) is 4.03. The number of amides is 2. The number of nitro groups is 1. The molecule has 21 heavy (non-hydrogen) atoms. The van der Waals surface area contributed by atoms with Crippen LogP contribution in [0.1, 0.15) is 19.4 Å². The van der Waals surface area contributed by atoms with Crippen molar-refractivity contribution in [3.05, 3.63) is 39.9 Å². The van der Waals surface area contributed by atoms with E-state index in [1.165, 1.54) is 29.3 Å². The zero-order valence-electron chi connectivity index (χ0n) is 11.8. The fourth-order valence-electron chi connectivity index (χ4n) is 1.59. The third kappa shape index (κ3) is 4.68. The molecule has 0 spiro atoms. The van der Waals surface area contributed by atoms with Gasteiger partial charge in [-0.2, -0.15) is 5.10 Å². The Bertz CT molecular complexity index is 567. The van der Waals surface area contributed by atoms with Crippen LogP contribution in [-0.4, -0.2) is 40.9 Å². The van der Waals surface area contributed by atoms with Gasteiger partial charge in [0.2, 0.25) is 0 Å². The molecule has 0 aliphatic heterocycles. The van der Waals surface area contributed by atoms with Gasteiger partial charge in [0, 0.05) is 30.8 Å². The van der Waals surface area contributed by atoms with Crippen LogP contribution in [0.25, 0.3) is 0 Å². The van der Waals surface area contributed by atoms with Crippen molar-refractivity contribution in [3.63, 3.8) is 0 Å². The van der Waals surface area contributed by atoms with E-state index >= 15 is 0 Å². The molecule has 2 amide bonds. The van der Waals surface area contributed by atoms with Gasteiger partial charge in [0.05, 0.1) is 11.1 Å². The van der Waals surface area contributed by atoms with Gasteiger partial charge in [0.25, 0.3) is 5.69 Å². The Morgan fingerprint density at radius 1 is 1.38 bits per heavy atom. The van der Waals surface area contributed by atoms with Crippen LogP contribution < -0.4 is 5.43 Å². The van der Waals surface area contributed by atoms with Gasteiger partial charge in [-0.3, -0.25) is 19.7 Å². The molecular formula is C13H16N4O4. The average molecular weight is 292 g/mol. The molecule has 0 fully saturated rings. The first-order valence-corrected chi connectivity index (χ1v) is 6.36. The van der Waals surface area contributed by atoms with Crippen molar-refractivity contribution in [2.45, 2.75) is 13.8 Å². The minimum Gasteiger partial charge on any atom is -0.335 e. The molecule has 8 nitrogen and oxygen atoms in total. The van der Waals surface area contributed by atoms with Gasteiger partial charge in [0.1, 0.15) is 0 Å². The molecule has 0 heterocycles. The van der Waals surface area contributed by atoms with E-state index in [0.29, 0.717) is 18.7 Å². The molecule has 112 valence electrons. The summed E-state index contributed by atoms with van der Waals surface area (Å²) in [5.74, 6) is -1.52. The molecule has 1 rings (SSSR count). The lowest BCUT2D eigenvalue weighted by Crippen LogP contribution is -2.41. The second kappa shape index (κ2) is 7.73. The number of hydrogen-bond donors (Lipinski definition) is 1. The number of benzene rings is 1. The fraction of sp³-hybridized carbons (Fsp3) is 0.308. The number of non-ortho nitro benzene ring substituents is 1. The van der Waals surface area contributed by atoms with Crippen molar-refractivity contribution in [1.29, 1.82) is 0 Å². The molecule has 0 radical (unpaired) electrons. The molecule has 0 aliphatic carbocycles. The largest absolute Gasteiger partial charge is 0.335 e. The topological polar surface area (TPSA) is 105 Å². The highest BCUT2D eigenvalue weighted by Gasteiger charge is 2.18. The smallest absolute Gasteiger partial charge is 0.329 e. The molecule has 0 aliphatic rings. The van der Waals surface area contributed by atoms with E-state index in [0.717, 1.165) is 0 Å². The number of nitrogens with one attached hydrogen (secondary N) is 1. The van der Waals surface area contributed by atoms with Gasteiger partial charge in [-0.15, -0.1) is 0 Å². The van der Waals surface area contributed by atoms with E-state index in [9.17, 15) is 19.7 Å². The number of hydrogen-bond acceptors (Lipinski definition) is 5. The average Bonchev–Trinajstić information content (AvgIpc) is 2.48. The maximum Gasteiger partial charge on any atom is 0.329 e. The van der Waals surface area contributed by atoms with Crippen LogP contribution in [0.3, 0.4) is 0 Å². The highest BCUT2D eigenvalue weighted by molar-refractivity contribution is 6.34. The Morgan fingerprint density at radius 3 is 2.62 bits per heavy atom. The Balaban J connectivity index is 2.66. The third-order valence-corrected chi connectivity index (χ3v) is 2.71. The van der Waals surface area contributed by atoms with Crippen molar-refractivity contribution in [1.82, 2.24) is 10.3 Å². The number of nitrogens with zero attached hydrogens (tertiary/aromatic N) is 3. The Labute approximate surface area is 121 Å². The lowest BCUT2D eigenvalue weighted by molar-refractivity contribution is -0.384. The van der Waals surface area contributed by atoms with Gasteiger partial charge in [-0.1, -0.05) is 12.1 Å². The maximum atomic E-state index is 11.6. The molecule has 8 heteroatoms. The lowest BCUT2D eigenvalue weighted by Gasteiger charge is -2.16. The minimum absolute atomic E-state index is 0.0792. The SMILES string of the molecule is CCN(CC)C(=O)C(=O)N/N=C\c1cccc([N+](=O)[O-])c1. The van der Waals surface area contributed by atoms with E-state index in [4.69, 9.17) is 0 Å². The van der Waals surface area contributed by atoms with Gasteiger partial charge in [-0.05, 0) is 13.8 Å². The van der Waals surface area contributed by atoms with E-state index < -0.39 is 16.7 Å². The summed E-state index contributed by atoms with van der Waals surface area (Å²) in [7, 11) is 0. The standard InChI is InChI=1S/C13H16N4O4/c1-3-16(4-2)13(19)12(18)15-14-9-10-6-5-7-11(8-10)17(20)21/h5-9H,3-4H2,1-2H3,(H,15,18)/b14-9-. The molecule has 0 saturated heterocycles. The van der Waals surface area contributed by atoms with Crippen LogP contribution in [0.15, 0.2) is 29.4 Å². The van der Waals surface area contributed by atoms with E-state index in [2.05, 4.69) is 10.5 Å². The van der Waals surface area contributed by atoms with Crippen molar-refractivity contribution >= 4 is 23.7 Å². The number of hydrazone groups is 1. The summed E-state index contributed by atoms with van der Waals surface area (Å²) in [6.07, 6.45) is 1.24. The predicted octanol–water partition coefficient (Wildman–Crippen LogP) is 0.913. The van der Waals surface area contributed by atoms with Gasteiger partial charge in [0.15, 0.2) is 0 Å². The summed E-state index contributed by atoms with van der Waals surface area (Å²) in [5.41, 5.74) is 2.46. The van der Waals surface area contributed by atoms with Crippen LogP contribution in [-0.2, 0) is 9.59 Å². The maximum absolute atomic E-state index is 11.6. The molecule has 0 saturated carbocycles. The van der Waals surface area contributed by atoms with Crippen molar-refractivity contribution in [3.8, 4) is 0 Å². The van der Waals surface area contributed by atoms with Crippen LogP contribution in [0.4, 0.5) is 5.69 Å². The molecule has 0 unspecified atom stereocenters. The fourth-order valence-corrected chi connectivity index (χ4v) is 1.59. The Kier molecular flexibility index (Phi) is 5.99. The van der Waals surface area contributed by atoms with E-state index in [1.807, 2.05) is 0 Å². The molecule has 1 aromatic rings. The lowest BCUT2D eigenvalue weighted by atomic mass is 10.2. The number of nitro benzene ring substituents is 1. The highest BCUT2D eigenvalue weighted by atomic mass is 16.6. The molecule has 0 bridgehead atoms. The predicted molar refractivity (Wildman–Crippen MR) is 76.8 cm³/mol. The first-order chi connectivity index (χ1) is 9.99. The van der Waals surface area contributed by atoms with Crippen molar-refractivity contribution in [2.75, 3.05) is 13.1 Å².